The van der Waals surface area contributed by atoms with Gasteiger partial charge in [0, 0.05) is 0 Å². The van der Waals surface area contributed by atoms with Crippen molar-refractivity contribution in [2.45, 2.75) is 19.4 Å². The molecule has 0 aliphatic carbocycles. The van der Waals surface area contributed by atoms with Crippen LogP contribution in [0.4, 0.5) is 0 Å². The van der Waals surface area contributed by atoms with Gasteiger partial charge in [-0.3, -0.25) is 0 Å². The molecule has 1 rings (SSSR count). The zero-order chi connectivity index (χ0) is 6.74. The van der Waals surface area contributed by atoms with Crippen molar-refractivity contribution < 1.29 is 13.0 Å². The molecule has 3 nitrogen and oxygen atoms in total. The van der Waals surface area contributed by atoms with Gasteiger partial charge in [0.15, 0.2) is 0 Å². The molecule has 0 unspecified atom stereocenters. The lowest BCUT2D eigenvalue weighted by atomic mass is 10.2. The Morgan fingerprint density at radius 2 is 2.11 bits per heavy atom. The molecule has 0 aromatic carbocycles. The van der Waals surface area contributed by atoms with Gasteiger partial charge in [-0.05, 0) is 13.8 Å². The summed E-state index contributed by atoms with van der Waals surface area (Å²) in [6.45, 7) is 4.76. The van der Waals surface area contributed by atoms with Crippen LogP contribution >= 0.6 is 0 Å². The highest BCUT2D eigenvalue weighted by Crippen LogP contribution is 2.09. The Bertz CT molecular complexity index is 85.8. The molecular formula is C4H12O3Si2. The van der Waals surface area contributed by atoms with Crippen molar-refractivity contribution in [1.29, 1.82) is 0 Å². The van der Waals surface area contributed by atoms with Crippen LogP contribution in [0.5, 0.6) is 0 Å². The Morgan fingerprint density at radius 3 is 2.89 bits per heavy atom. The van der Waals surface area contributed by atoms with Gasteiger partial charge in [-0.25, -0.2) is 0 Å². The van der Waals surface area contributed by atoms with E-state index >= 15 is 0 Å². The molecule has 5 heteroatoms. The fraction of sp³-hybridized carbons (Fsp3) is 1.00. The molecule has 0 radical (unpaired) electrons. The van der Waals surface area contributed by atoms with E-state index in [0.29, 0.717) is 6.61 Å². The lowest BCUT2D eigenvalue weighted by Crippen LogP contribution is -2.29. The van der Waals surface area contributed by atoms with E-state index in [4.69, 9.17) is 13.0 Å². The van der Waals surface area contributed by atoms with E-state index in [9.17, 15) is 0 Å². The molecule has 0 aromatic heterocycles. The summed E-state index contributed by atoms with van der Waals surface area (Å²) in [7, 11) is -1.35. The Hall–Kier alpha value is 0.314. The highest BCUT2D eigenvalue weighted by Gasteiger charge is 2.20. The average molecular weight is 164 g/mol. The van der Waals surface area contributed by atoms with Gasteiger partial charge in [0.2, 0.25) is 0 Å². The largest absolute Gasteiger partial charge is 0.424 e. The minimum Gasteiger partial charge on any atom is -0.424 e. The maximum atomic E-state index is 5.42. The molecule has 1 aliphatic rings. The second kappa shape index (κ2) is 2.93. The van der Waals surface area contributed by atoms with E-state index in [1.165, 1.54) is 0 Å². The minimum atomic E-state index is -0.694. The van der Waals surface area contributed by atoms with Crippen LogP contribution in [-0.4, -0.2) is 32.2 Å². The van der Waals surface area contributed by atoms with Crippen molar-refractivity contribution in [2.75, 3.05) is 6.61 Å². The summed E-state index contributed by atoms with van der Waals surface area (Å²) in [5.74, 6) is 0. The van der Waals surface area contributed by atoms with Crippen molar-refractivity contribution in [2.24, 2.45) is 0 Å². The third-order valence-corrected chi connectivity index (χ3v) is 3.75. The first-order valence-corrected chi connectivity index (χ1v) is 5.31. The van der Waals surface area contributed by atoms with Crippen molar-refractivity contribution >= 4 is 20.0 Å². The second-order valence-corrected chi connectivity index (χ2v) is 5.49. The molecule has 1 fully saturated rings. The summed E-state index contributed by atoms with van der Waals surface area (Å²) in [4.78, 5) is 0. The van der Waals surface area contributed by atoms with Crippen LogP contribution in [0.2, 0.25) is 0 Å². The van der Waals surface area contributed by atoms with Gasteiger partial charge in [-0.1, -0.05) is 0 Å². The lowest BCUT2D eigenvalue weighted by Gasteiger charge is -2.21. The van der Waals surface area contributed by atoms with Gasteiger partial charge < -0.3 is 13.0 Å². The number of hydrogen-bond acceptors (Lipinski definition) is 3. The maximum Gasteiger partial charge on any atom is 0.295 e. The van der Waals surface area contributed by atoms with Crippen LogP contribution in [0.25, 0.3) is 0 Å². The zero-order valence-corrected chi connectivity index (χ0v) is 8.67. The smallest absolute Gasteiger partial charge is 0.295 e. The molecular weight excluding hydrogens is 152 g/mol. The van der Waals surface area contributed by atoms with E-state index < -0.39 is 20.0 Å². The summed E-state index contributed by atoms with van der Waals surface area (Å²) in [5, 5.41) is 0. The molecule has 0 saturated carbocycles. The maximum absolute atomic E-state index is 5.42. The van der Waals surface area contributed by atoms with Gasteiger partial charge in [-0.15, -0.1) is 0 Å². The molecule has 1 aliphatic heterocycles. The molecule has 1 saturated heterocycles. The van der Waals surface area contributed by atoms with Crippen LogP contribution < -0.4 is 0 Å². The minimum absolute atomic E-state index is 0.0876. The molecule has 0 spiro atoms. The molecule has 54 valence electrons. The van der Waals surface area contributed by atoms with Crippen LogP contribution in [0.3, 0.4) is 0 Å². The molecule has 9 heavy (non-hydrogen) atoms. The number of hydrogen-bond donors (Lipinski definition) is 0. The SMILES string of the molecule is CC1(C)CO[SiH2]O[SiH2]O1. The van der Waals surface area contributed by atoms with Gasteiger partial charge in [0.05, 0.1) is 12.2 Å². The second-order valence-electron chi connectivity index (χ2n) is 2.69. The van der Waals surface area contributed by atoms with Crippen molar-refractivity contribution in [3.63, 3.8) is 0 Å². The highest BCUT2D eigenvalue weighted by atomic mass is 28.3. The van der Waals surface area contributed by atoms with Crippen molar-refractivity contribution in [3.05, 3.63) is 0 Å². The average Bonchev–Trinajstić information content (AvgIpc) is 1.92. The predicted octanol–water partition coefficient (Wildman–Crippen LogP) is -1.17. The van der Waals surface area contributed by atoms with Crippen LogP contribution in [0.1, 0.15) is 13.8 Å². The Kier molecular flexibility index (Phi) is 2.42. The quantitative estimate of drug-likeness (QED) is 0.422. The van der Waals surface area contributed by atoms with Gasteiger partial charge >= 0.3 is 0 Å². The predicted molar refractivity (Wildman–Crippen MR) is 39.3 cm³/mol. The van der Waals surface area contributed by atoms with E-state index in [1.54, 1.807) is 0 Å². The van der Waals surface area contributed by atoms with Gasteiger partial charge in [0.1, 0.15) is 0 Å². The normalized spacial score (nSPS) is 32.7. The number of rotatable bonds is 0. The van der Waals surface area contributed by atoms with Crippen molar-refractivity contribution in [1.82, 2.24) is 0 Å². The molecule has 0 aromatic rings. The van der Waals surface area contributed by atoms with E-state index in [-0.39, 0.29) is 5.60 Å². The third-order valence-electron chi connectivity index (χ3n) is 1.15. The van der Waals surface area contributed by atoms with E-state index in [0.717, 1.165) is 0 Å². The van der Waals surface area contributed by atoms with Crippen LogP contribution in [0.15, 0.2) is 0 Å². The summed E-state index contributed by atoms with van der Waals surface area (Å²) in [5.41, 5.74) is -0.0876. The molecule has 0 atom stereocenters. The van der Waals surface area contributed by atoms with Crippen LogP contribution in [-0.2, 0) is 13.0 Å². The first kappa shape index (κ1) is 7.42. The monoisotopic (exact) mass is 164 g/mol. The Labute approximate surface area is 59.8 Å². The first-order chi connectivity index (χ1) is 4.21. The van der Waals surface area contributed by atoms with Crippen molar-refractivity contribution in [3.8, 4) is 0 Å². The highest BCUT2D eigenvalue weighted by molar-refractivity contribution is 6.34. The third kappa shape index (κ3) is 2.59. The van der Waals surface area contributed by atoms with Gasteiger partial charge in [-0.2, -0.15) is 0 Å². The zero-order valence-electron chi connectivity index (χ0n) is 5.85. The summed E-state index contributed by atoms with van der Waals surface area (Å²) >= 11 is 0. The standard InChI is InChI=1S/C4H12O3Si2/c1-4(2)3-5-8-7-9-6-4/h3,8-9H2,1-2H3. The molecule has 0 bridgehead atoms. The summed E-state index contributed by atoms with van der Waals surface area (Å²) < 4.78 is 15.8. The molecule has 1 heterocycles. The Balaban J connectivity index is 2.36. The summed E-state index contributed by atoms with van der Waals surface area (Å²) in [6, 6.07) is 0. The Morgan fingerprint density at radius 1 is 1.33 bits per heavy atom. The lowest BCUT2D eigenvalue weighted by molar-refractivity contribution is 0.0628. The van der Waals surface area contributed by atoms with E-state index in [2.05, 4.69) is 0 Å². The molecule has 0 N–H and O–H groups in total. The fourth-order valence-electron chi connectivity index (χ4n) is 0.623. The topological polar surface area (TPSA) is 27.7 Å². The van der Waals surface area contributed by atoms with Crippen LogP contribution in [0, 0.1) is 0 Å². The summed E-state index contributed by atoms with van der Waals surface area (Å²) in [6.07, 6.45) is 0. The van der Waals surface area contributed by atoms with E-state index in [1.807, 2.05) is 13.8 Å². The molecule has 0 amide bonds. The first-order valence-electron chi connectivity index (χ1n) is 3.00. The fourth-order valence-corrected chi connectivity index (χ4v) is 2.68. The van der Waals surface area contributed by atoms with Gasteiger partial charge in [0.25, 0.3) is 20.0 Å².